The fraction of sp³-hybridized carbons (Fsp3) is 0.382. The number of hydrogen-bond donors (Lipinski definition) is 4. The lowest BCUT2D eigenvalue weighted by Gasteiger charge is -2.29. The second-order valence-corrected chi connectivity index (χ2v) is 12.8. The summed E-state index contributed by atoms with van der Waals surface area (Å²) in [7, 11) is 0. The molecule has 4 aromatic rings. The lowest BCUT2D eigenvalue weighted by atomic mass is 9.72. The number of aliphatic hydroxyl groups excluding tert-OH is 1. The largest absolute Gasteiger partial charge is 0.469 e. The van der Waals surface area contributed by atoms with E-state index in [1.165, 1.54) is 13.2 Å². The number of hydrogen-bond acceptors (Lipinski definition) is 10. The first kappa shape index (κ1) is 29.7. The summed E-state index contributed by atoms with van der Waals surface area (Å²) < 4.78 is 19.1. The Labute approximate surface area is 264 Å². The molecule has 5 heterocycles. The van der Waals surface area contributed by atoms with Gasteiger partial charge in [-0.3, -0.25) is 14.4 Å². The molecular weight excluding hydrogens is 590 g/mol. The van der Waals surface area contributed by atoms with E-state index in [0.29, 0.717) is 11.5 Å². The van der Waals surface area contributed by atoms with Crippen LogP contribution < -0.4 is 20.7 Å². The third-order valence-electron chi connectivity index (χ3n) is 9.02. The molecule has 12 heteroatoms. The second kappa shape index (κ2) is 10.8. The molecule has 5 unspecified atom stereocenters. The maximum absolute atomic E-state index is 13.9. The number of aliphatic hydroxyl groups is 1. The number of ketones is 1. The highest BCUT2D eigenvalue weighted by Crippen LogP contribution is 2.59. The molecule has 2 aromatic heterocycles. The topological polar surface area (TPSA) is 169 Å². The first-order chi connectivity index (χ1) is 22.0. The summed E-state index contributed by atoms with van der Waals surface area (Å²) in [6.07, 6.45) is -0.482. The third-order valence-corrected chi connectivity index (χ3v) is 9.02. The highest BCUT2D eigenvalue weighted by Gasteiger charge is 2.61. The predicted octanol–water partition coefficient (Wildman–Crippen LogP) is 3.88. The SMILES string of the molecule is CC(=O)c1coc(-c2nc3oc2C24c5ccccc5NC2Oc2ccc(cc24)CC(NC(=O)C(O)C(C)C)C(=O)NC3C(C)C)n1. The summed E-state index contributed by atoms with van der Waals surface area (Å²) in [6.45, 7) is 8.70. The fourth-order valence-electron chi connectivity index (χ4n) is 6.55. The van der Waals surface area contributed by atoms with E-state index in [9.17, 15) is 19.5 Å². The molecule has 4 N–H and O–H groups in total. The van der Waals surface area contributed by atoms with Gasteiger partial charge in [-0.05, 0) is 35.1 Å². The molecule has 3 aliphatic heterocycles. The summed E-state index contributed by atoms with van der Waals surface area (Å²) in [5, 5.41) is 19.8. The summed E-state index contributed by atoms with van der Waals surface area (Å²) in [5.74, 6) is -0.614. The Balaban J connectivity index is 1.48. The molecule has 7 rings (SSSR count). The Kier molecular flexibility index (Phi) is 7.00. The van der Waals surface area contributed by atoms with Gasteiger partial charge in [-0.1, -0.05) is 58.0 Å². The molecule has 0 fully saturated rings. The van der Waals surface area contributed by atoms with Crippen molar-refractivity contribution in [3.05, 3.63) is 82.8 Å². The smallest absolute Gasteiger partial charge is 0.249 e. The zero-order chi connectivity index (χ0) is 32.5. The lowest BCUT2D eigenvalue weighted by molar-refractivity contribution is -0.135. The van der Waals surface area contributed by atoms with Gasteiger partial charge in [0.2, 0.25) is 23.6 Å². The van der Waals surface area contributed by atoms with E-state index >= 15 is 0 Å². The number of carbonyl (C=O) groups is 3. The maximum atomic E-state index is 13.9. The van der Waals surface area contributed by atoms with Crippen LogP contribution in [0.4, 0.5) is 5.69 Å². The molecule has 0 aliphatic carbocycles. The van der Waals surface area contributed by atoms with Crippen LogP contribution in [0.1, 0.15) is 79.5 Å². The minimum atomic E-state index is -1.29. The van der Waals surface area contributed by atoms with Crippen LogP contribution in [0.3, 0.4) is 0 Å². The maximum Gasteiger partial charge on any atom is 0.249 e. The van der Waals surface area contributed by atoms with E-state index in [2.05, 4.69) is 20.9 Å². The van der Waals surface area contributed by atoms with Crippen LogP contribution in [0.25, 0.3) is 11.6 Å². The van der Waals surface area contributed by atoms with Gasteiger partial charge in [-0.25, -0.2) is 9.97 Å². The Hall–Kier alpha value is -4.97. The first-order valence-corrected chi connectivity index (χ1v) is 15.4. The molecule has 238 valence electrons. The van der Waals surface area contributed by atoms with Crippen molar-refractivity contribution in [3.8, 4) is 17.3 Å². The summed E-state index contributed by atoms with van der Waals surface area (Å²) in [4.78, 5) is 48.5. The van der Waals surface area contributed by atoms with E-state index < -0.39 is 41.6 Å². The van der Waals surface area contributed by atoms with Gasteiger partial charge in [0.25, 0.3) is 0 Å². The highest BCUT2D eigenvalue weighted by atomic mass is 16.5. The molecule has 5 atom stereocenters. The number of benzene rings is 2. The Bertz CT molecular complexity index is 1880. The van der Waals surface area contributed by atoms with E-state index in [0.717, 1.165) is 22.4 Å². The minimum absolute atomic E-state index is 0.0915. The Morgan fingerprint density at radius 1 is 1.07 bits per heavy atom. The molecule has 46 heavy (non-hydrogen) atoms. The van der Waals surface area contributed by atoms with Gasteiger partial charge in [0.1, 0.15) is 41.3 Å². The van der Waals surface area contributed by atoms with Crippen molar-refractivity contribution < 1.29 is 33.1 Å². The fourth-order valence-corrected chi connectivity index (χ4v) is 6.55. The van der Waals surface area contributed by atoms with Gasteiger partial charge in [-0.15, -0.1) is 0 Å². The van der Waals surface area contributed by atoms with Crippen LogP contribution >= 0.6 is 0 Å². The van der Waals surface area contributed by atoms with Crippen molar-refractivity contribution in [3.63, 3.8) is 0 Å². The van der Waals surface area contributed by atoms with E-state index in [1.807, 2.05) is 56.3 Å². The summed E-state index contributed by atoms with van der Waals surface area (Å²) in [5.41, 5.74) is 2.60. The van der Waals surface area contributed by atoms with Crippen molar-refractivity contribution in [2.45, 2.75) is 70.9 Å². The van der Waals surface area contributed by atoms with E-state index in [-0.39, 0.29) is 47.2 Å². The number of nitrogens with zero attached hydrogens (tertiary/aromatic N) is 2. The second-order valence-electron chi connectivity index (χ2n) is 12.8. The molecular formula is C34H35N5O7. The zero-order valence-electron chi connectivity index (χ0n) is 26.1. The molecule has 0 saturated heterocycles. The molecule has 1 spiro atoms. The van der Waals surface area contributed by atoms with Crippen LogP contribution in [0.15, 0.2) is 57.6 Å². The average molecular weight is 626 g/mol. The van der Waals surface area contributed by atoms with Gasteiger partial charge in [0.05, 0.1) is 0 Å². The number of nitrogens with one attached hydrogen (secondary N) is 3. The number of Topliss-reactive ketones (excluding diaryl/α,β-unsaturated/α-hetero) is 1. The van der Waals surface area contributed by atoms with Gasteiger partial charge in [0.15, 0.2) is 23.5 Å². The molecule has 2 aromatic carbocycles. The number of amides is 2. The normalized spacial score (nSPS) is 23.4. The van der Waals surface area contributed by atoms with Crippen LogP contribution in [0.5, 0.6) is 5.75 Å². The minimum Gasteiger partial charge on any atom is -0.469 e. The molecule has 3 aliphatic rings. The van der Waals surface area contributed by atoms with Crippen molar-refractivity contribution in [2.24, 2.45) is 11.8 Å². The van der Waals surface area contributed by atoms with E-state index in [1.54, 1.807) is 13.8 Å². The average Bonchev–Trinajstić information content (AvgIpc) is 3.79. The highest BCUT2D eigenvalue weighted by molar-refractivity contribution is 5.92. The number of rotatable bonds is 6. The molecule has 2 amide bonds. The monoisotopic (exact) mass is 625 g/mol. The number of ether oxygens (including phenoxy) is 1. The summed E-state index contributed by atoms with van der Waals surface area (Å²) >= 11 is 0. The molecule has 0 radical (unpaired) electrons. The number of para-hydroxylation sites is 1. The molecule has 12 nitrogen and oxygen atoms in total. The number of aromatic nitrogens is 2. The van der Waals surface area contributed by atoms with Gasteiger partial charge in [0, 0.05) is 24.6 Å². The van der Waals surface area contributed by atoms with Crippen LogP contribution in [0, 0.1) is 11.8 Å². The number of fused-ring (bicyclic) bond motifs is 4. The number of carbonyl (C=O) groups excluding carboxylic acids is 3. The lowest BCUT2D eigenvalue weighted by Crippen LogP contribution is -2.52. The van der Waals surface area contributed by atoms with E-state index in [4.69, 9.17) is 18.6 Å². The third kappa shape index (κ3) is 4.50. The summed E-state index contributed by atoms with van der Waals surface area (Å²) in [6, 6.07) is 11.7. The van der Waals surface area contributed by atoms with Crippen LogP contribution in [-0.4, -0.2) is 51.0 Å². The van der Waals surface area contributed by atoms with Gasteiger partial charge < -0.3 is 34.6 Å². The Morgan fingerprint density at radius 2 is 1.85 bits per heavy atom. The number of oxazole rings is 2. The van der Waals surface area contributed by atoms with Crippen molar-refractivity contribution in [2.75, 3.05) is 5.32 Å². The Morgan fingerprint density at radius 3 is 2.57 bits per heavy atom. The van der Waals surface area contributed by atoms with Gasteiger partial charge >= 0.3 is 0 Å². The zero-order valence-corrected chi connectivity index (χ0v) is 26.1. The standard InChI is InChI=1S/C34H35N5O7/c1-15(2)25-32-39-26(31-36-23(14-44-31)17(5)40)28(46-32)34-19-8-6-7-9-21(19)37-33(34)45-24-11-10-18(12-20(24)34)13-22(29(42)38-25)35-30(43)27(41)16(3)4/h6-12,14-16,22,25,27,33,37,41H,13H2,1-5H3,(H,35,43)(H,38,42). The first-order valence-electron chi connectivity index (χ1n) is 15.4. The van der Waals surface area contributed by atoms with Crippen LogP contribution in [0.2, 0.25) is 0 Å². The molecule has 4 bridgehead atoms. The van der Waals surface area contributed by atoms with Crippen molar-refractivity contribution >= 4 is 23.3 Å². The predicted molar refractivity (Wildman–Crippen MR) is 165 cm³/mol. The molecule has 0 saturated carbocycles. The van der Waals surface area contributed by atoms with Crippen LogP contribution in [-0.2, 0) is 21.4 Å². The number of anilines is 1. The van der Waals surface area contributed by atoms with Crippen molar-refractivity contribution in [1.29, 1.82) is 0 Å². The quantitative estimate of drug-likeness (QED) is 0.231. The van der Waals surface area contributed by atoms with Gasteiger partial charge in [-0.2, -0.15) is 0 Å². The van der Waals surface area contributed by atoms with Crippen molar-refractivity contribution in [1.82, 2.24) is 20.6 Å².